The van der Waals surface area contributed by atoms with Crippen LogP contribution in [0, 0.1) is 0 Å². The second-order valence-electron chi connectivity index (χ2n) is 2.11. The van der Waals surface area contributed by atoms with Crippen molar-refractivity contribution >= 4 is 7.37 Å². The highest BCUT2D eigenvalue weighted by Gasteiger charge is 2.16. The van der Waals surface area contributed by atoms with E-state index in [1.807, 2.05) is 6.92 Å². The van der Waals surface area contributed by atoms with Crippen LogP contribution in [0.5, 0.6) is 0 Å². The molecule has 0 aliphatic carbocycles. The Hall–Kier alpha value is -0.0700. The Morgan fingerprint density at radius 1 is 1.70 bits per heavy atom. The highest BCUT2D eigenvalue weighted by Crippen LogP contribution is 2.45. The standard InChI is InChI=1S/C7H15O2P/c1-4-6-7-10(8,5-2)9-3/h4H,1,5-7H2,2-3H3. The highest BCUT2D eigenvalue weighted by atomic mass is 31.2. The fraction of sp³-hybridized carbons (Fsp3) is 0.714. The average molecular weight is 162 g/mol. The van der Waals surface area contributed by atoms with Gasteiger partial charge in [-0.05, 0) is 6.42 Å². The molecule has 0 heterocycles. The lowest BCUT2D eigenvalue weighted by molar-refractivity contribution is 0.394. The molecule has 0 spiro atoms. The average Bonchev–Trinajstić information content (AvgIpc) is 2.00. The Morgan fingerprint density at radius 2 is 2.30 bits per heavy atom. The summed E-state index contributed by atoms with van der Waals surface area (Å²) in [5, 5.41) is 0. The van der Waals surface area contributed by atoms with Crippen molar-refractivity contribution in [3.8, 4) is 0 Å². The summed E-state index contributed by atoms with van der Waals surface area (Å²) in [6.45, 7) is 5.44. The monoisotopic (exact) mass is 162 g/mol. The maximum absolute atomic E-state index is 11.4. The largest absolute Gasteiger partial charge is 0.332 e. The van der Waals surface area contributed by atoms with Crippen molar-refractivity contribution in [2.45, 2.75) is 13.3 Å². The molecule has 0 aromatic rings. The molecule has 10 heavy (non-hydrogen) atoms. The van der Waals surface area contributed by atoms with Crippen molar-refractivity contribution in [1.82, 2.24) is 0 Å². The van der Waals surface area contributed by atoms with E-state index >= 15 is 0 Å². The molecule has 0 rings (SSSR count). The number of allylic oxidation sites excluding steroid dienone is 1. The zero-order valence-electron chi connectivity index (χ0n) is 6.67. The smallest absolute Gasteiger partial charge is 0.202 e. The van der Waals surface area contributed by atoms with Gasteiger partial charge in [-0.2, -0.15) is 0 Å². The fourth-order valence-corrected chi connectivity index (χ4v) is 2.00. The van der Waals surface area contributed by atoms with Crippen LogP contribution in [0.2, 0.25) is 0 Å². The van der Waals surface area contributed by atoms with Crippen molar-refractivity contribution in [2.24, 2.45) is 0 Å². The lowest BCUT2D eigenvalue weighted by atomic mass is 10.5. The van der Waals surface area contributed by atoms with Gasteiger partial charge in [-0.15, -0.1) is 6.58 Å². The number of rotatable bonds is 5. The molecular weight excluding hydrogens is 147 g/mol. The molecule has 0 aliphatic rings. The van der Waals surface area contributed by atoms with E-state index in [0.717, 1.165) is 6.42 Å². The minimum Gasteiger partial charge on any atom is -0.332 e. The molecule has 0 aromatic carbocycles. The molecule has 0 radical (unpaired) electrons. The summed E-state index contributed by atoms with van der Waals surface area (Å²) in [6.07, 6.45) is 3.79. The third-order valence-corrected chi connectivity index (χ3v) is 4.06. The van der Waals surface area contributed by atoms with Gasteiger partial charge >= 0.3 is 0 Å². The second kappa shape index (κ2) is 4.70. The topological polar surface area (TPSA) is 26.3 Å². The molecule has 0 aliphatic heterocycles. The lowest BCUT2D eigenvalue weighted by Gasteiger charge is -2.11. The van der Waals surface area contributed by atoms with Crippen LogP contribution in [0.3, 0.4) is 0 Å². The molecule has 60 valence electrons. The minimum atomic E-state index is -2.27. The first-order valence-corrected chi connectivity index (χ1v) is 5.42. The molecule has 1 unspecified atom stereocenters. The first-order valence-electron chi connectivity index (χ1n) is 3.43. The highest BCUT2D eigenvalue weighted by molar-refractivity contribution is 7.58. The van der Waals surface area contributed by atoms with E-state index in [2.05, 4.69) is 6.58 Å². The Bertz CT molecular complexity index is 135. The predicted octanol–water partition coefficient (Wildman–Crippen LogP) is 2.51. The van der Waals surface area contributed by atoms with Crippen molar-refractivity contribution in [2.75, 3.05) is 19.4 Å². The summed E-state index contributed by atoms with van der Waals surface area (Å²) >= 11 is 0. The molecule has 1 atom stereocenters. The molecular formula is C7H15O2P. The van der Waals surface area contributed by atoms with Crippen LogP contribution in [-0.4, -0.2) is 19.4 Å². The van der Waals surface area contributed by atoms with Gasteiger partial charge in [0.25, 0.3) is 0 Å². The summed E-state index contributed by atoms with van der Waals surface area (Å²) in [6, 6.07) is 0. The Balaban J connectivity index is 3.81. The molecule has 2 nitrogen and oxygen atoms in total. The van der Waals surface area contributed by atoms with Crippen LogP contribution in [0.4, 0.5) is 0 Å². The second-order valence-corrected chi connectivity index (χ2v) is 5.19. The summed E-state index contributed by atoms with van der Waals surface area (Å²) in [4.78, 5) is 0. The summed E-state index contributed by atoms with van der Waals surface area (Å²) in [5.41, 5.74) is 0. The van der Waals surface area contributed by atoms with Gasteiger partial charge in [-0.25, -0.2) is 0 Å². The summed E-state index contributed by atoms with van der Waals surface area (Å²) < 4.78 is 16.3. The molecule has 0 saturated carbocycles. The van der Waals surface area contributed by atoms with E-state index in [1.165, 1.54) is 7.11 Å². The zero-order chi connectivity index (χ0) is 8.04. The van der Waals surface area contributed by atoms with Crippen molar-refractivity contribution in [3.05, 3.63) is 12.7 Å². The van der Waals surface area contributed by atoms with Gasteiger partial charge in [-0.3, -0.25) is 4.57 Å². The van der Waals surface area contributed by atoms with Gasteiger partial charge in [0.2, 0.25) is 7.37 Å². The third-order valence-electron chi connectivity index (χ3n) is 1.49. The van der Waals surface area contributed by atoms with E-state index in [4.69, 9.17) is 4.52 Å². The van der Waals surface area contributed by atoms with E-state index in [0.29, 0.717) is 12.3 Å². The van der Waals surface area contributed by atoms with Crippen LogP contribution >= 0.6 is 7.37 Å². The van der Waals surface area contributed by atoms with E-state index in [-0.39, 0.29) is 0 Å². The van der Waals surface area contributed by atoms with Crippen molar-refractivity contribution in [1.29, 1.82) is 0 Å². The van der Waals surface area contributed by atoms with Gasteiger partial charge in [0.05, 0.1) is 0 Å². The quantitative estimate of drug-likeness (QED) is 0.458. The van der Waals surface area contributed by atoms with Crippen LogP contribution in [-0.2, 0) is 9.09 Å². The first kappa shape index (κ1) is 9.93. The number of hydrogen-bond donors (Lipinski definition) is 0. The summed E-state index contributed by atoms with van der Waals surface area (Å²) in [7, 11) is -0.762. The zero-order valence-corrected chi connectivity index (χ0v) is 7.56. The number of hydrogen-bond acceptors (Lipinski definition) is 2. The third kappa shape index (κ3) is 3.19. The maximum atomic E-state index is 11.4. The maximum Gasteiger partial charge on any atom is 0.202 e. The molecule has 3 heteroatoms. The van der Waals surface area contributed by atoms with Gasteiger partial charge in [-0.1, -0.05) is 13.0 Å². The van der Waals surface area contributed by atoms with Crippen LogP contribution in [0.25, 0.3) is 0 Å². The Labute approximate surface area is 62.7 Å². The van der Waals surface area contributed by atoms with Gasteiger partial charge in [0, 0.05) is 19.4 Å². The van der Waals surface area contributed by atoms with E-state index < -0.39 is 7.37 Å². The fourth-order valence-electron chi connectivity index (χ4n) is 0.666. The van der Waals surface area contributed by atoms with Crippen LogP contribution in [0.1, 0.15) is 13.3 Å². The van der Waals surface area contributed by atoms with Gasteiger partial charge < -0.3 is 4.52 Å². The Kier molecular flexibility index (Phi) is 4.67. The molecule has 0 saturated heterocycles. The predicted molar refractivity (Wildman–Crippen MR) is 44.8 cm³/mol. The molecule has 0 amide bonds. The first-order chi connectivity index (χ1) is 4.68. The molecule has 0 bridgehead atoms. The van der Waals surface area contributed by atoms with Crippen molar-refractivity contribution < 1.29 is 9.09 Å². The molecule has 0 N–H and O–H groups in total. The molecule has 0 aromatic heterocycles. The summed E-state index contributed by atoms with van der Waals surface area (Å²) in [5.74, 6) is 0. The lowest BCUT2D eigenvalue weighted by Crippen LogP contribution is -1.93. The van der Waals surface area contributed by atoms with Crippen LogP contribution in [0.15, 0.2) is 12.7 Å². The SMILES string of the molecule is C=CCCP(=O)(CC)OC. The van der Waals surface area contributed by atoms with E-state index in [9.17, 15) is 4.57 Å². The Morgan fingerprint density at radius 3 is 2.60 bits per heavy atom. The van der Waals surface area contributed by atoms with Crippen LogP contribution < -0.4 is 0 Å². The normalized spacial score (nSPS) is 16.2. The van der Waals surface area contributed by atoms with Gasteiger partial charge in [0.15, 0.2) is 0 Å². The van der Waals surface area contributed by atoms with Gasteiger partial charge in [0.1, 0.15) is 0 Å². The van der Waals surface area contributed by atoms with Crippen molar-refractivity contribution in [3.63, 3.8) is 0 Å². The minimum absolute atomic E-state index is 0.622. The molecule has 0 fully saturated rings. The van der Waals surface area contributed by atoms with E-state index in [1.54, 1.807) is 6.08 Å².